The maximum atomic E-state index is 11.3. The fraction of sp³-hybridized carbons (Fsp3) is 0.556. The van der Waals surface area contributed by atoms with E-state index in [9.17, 15) is 4.79 Å². The lowest BCUT2D eigenvalue weighted by Gasteiger charge is -2.22. The van der Waals surface area contributed by atoms with E-state index < -0.39 is 0 Å². The van der Waals surface area contributed by atoms with Crippen LogP contribution in [0, 0.1) is 0 Å². The quantitative estimate of drug-likeness (QED) is 0.649. The number of methoxy groups -OCH3 is 1. The number of ether oxygens (including phenoxy) is 1. The van der Waals surface area contributed by atoms with Crippen molar-refractivity contribution in [3.8, 4) is 0 Å². The van der Waals surface area contributed by atoms with Crippen LogP contribution in [-0.4, -0.2) is 28.9 Å². The third-order valence-corrected chi connectivity index (χ3v) is 2.42. The smallest absolute Gasteiger partial charge is 0.341 e. The van der Waals surface area contributed by atoms with Crippen LogP contribution in [0.3, 0.4) is 0 Å². The highest BCUT2D eigenvalue weighted by Gasteiger charge is 2.22. The van der Waals surface area contributed by atoms with Crippen molar-refractivity contribution >= 4 is 5.97 Å². The van der Waals surface area contributed by atoms with Crippen LogP contribution in [0.2, 0.25) is 0 Å². The zero-order chi connectivity index (χ0) is 10.1. The summed E-state index contributed by atoms with van der Waals surface area (Å²) >= 11 is 0. The summed E-state index contributed by atoms with van der Waals surface area (Å²) < 4.78 is 6.52. The number of carbonyl (C=O) groups excluding carboxylic acids is 1. The fourth-order valence-electron chi connectivity index (χ4n) is 1.63. The van der Waals surface area contributed by atoms with Gasteiger partial charge in [0.1, 0.15) is 5.56 Å². The lowest BCUT2D eigenvalue weighted by atomic mass is 10.2. The van der Waals surface area contributed by atoms with Gasteiger partial charge in [0.15, 0.2) is 0 Å². The molecule has 2 heterocycles. The van der Waals surface area contributed by atoms with Gasteiger partial charge >= 0.3 is 5.97 Å². The number of nitrogens with zero attached hydrogens (tertiary/aromatic N) is 2. The number of hydrogen-bond acceptors (Lipinski definition) is 4. The van der Waals surface area contributed by atoms with E-state index in [0.717, 1.165) is 12.2 Å². The van der Waals surface area contributed by atoms with Crippen molar-refractivity contribution in [1.82, 2.24) is 15.1 Å². The first-order valence-electron chi connectivity index (χ1n) is 4.58. The van der Waals surface area contributed by atoms with Crippen LogP contribution in [0.4, 0.5) is 0 Å². The van der Waals surface area contributed by atoms with E-state index in [1.165, 1.54) is 7.11 Å². The predicted octanol–water partition coefficient (Wildman–Crippen LogP) is 0.161. The third kappa shape index (κ3) is 1.39. The predicted molar refractivity (Wildman–Crippen MR) is 49.9 cm³/mol. The van der Waals surface area contributed by atoms with E-state index in [1.54, 1.807) is 6.20 Å². The maximum Gasteiger partial charge on any atom is 0.341 e. The molecule has 1 aliphatic rings. The van der Waals surface area contributed by atoms with E-state index in [-0.39, 0.29) is 5.97 Å². The topological polar surface area (TPSA) is 56.1 Å². The number of carbonyl (C=O) groups is 1. The van der Waals surface area contributed by atoms with Crippen LogP contribution in [0.1, 0.15) is 23.0 Å². The molecule has 0 amide bonds. The molecule has 0 spiro atoms. The molecule has 5 nitrogen and oxygen atoms in total. The lowest BCUT2D eigenvalue weighted by Crippen LogP contribution is -2.37. The minimum Gasteiger partial charge on any atom is -0.465 e. The molecular weight excluding hydrogens is 182 g/mol. The Morgan fingerprint density at radius 1 is 1.79 bits per heavy atom. The van der Waals surface area contributed by atoms with Gasteiger partial charge in [0.05, 0.1) is 25.5 Å². The number of fused-ring (bicyclic) bond motifs is 1. The second-order valence-corrected chi connectivity index (χ2v) is 3.46. The summed E-state index contributed by atoms with van der Waals surface area (Å²) in [7, 11) is 1.38. The molecule has 0 bridgehead atoms. The monoisotopic (exact) mass is 195 g/mol. The Bertz CT molecular complexity index is 359. The largest absolute Gasteiger partial charge is 0.465 e. The normalized spacial score (nSPS) is 20.3. The van der Waals surface area contributed by atoms with Crippen LogP contribution in [-0.2, 0) is 17.8 Å². The van der Waals surface area contributed by atoms with Crippen molar-refractivity contribution in [3.63, 3.8) is 0 Å². The van der Waals surface area contributed by atoms with Gasteiger partial charge < -0.3 is 10.1 Å². The van der Waals surface area contributed by atoms with Gasteiger partial charge in [-0.05, 0) is 6.92 Å². The third-order valence-electron chi connectivity index (χ3n) is 2.42. The molecule has 1 atom stereocenters. The van der Waals surface area contributed by atoms with E-state index in [2.05, 4.69) is 22.1 Å². The molecule has 2 rings (SSSR count). The summed E-state index contributed by atoms with van der Waals surface area (Å²) in [5.74, 6) is -0.317. The Morgan fingerprint density at radius 2 is 2.57 bits per heavy atom. The van der Waals surface area contributed by atoms with Crippen molar-refractivity contribution in [2.75, 3.05) is 7.11 Å². The van der Waals surface area contributed by atoms with Crippen LogP contribution in [0.5, 0.6) is 0 Å². The highest BCUT2D eigenvalue weighted by Crippen LogP contribution is 2.14. The average molecular weight is 195 g/mol. The second kappa shape index (κ2) is 3.42. The van der Waals surface area contributed by atoms with Gasteiger partial charge in [-0.3, -0.25) is 4.68 Å². The standard InChI is InChI=1S/C9H13N3O2/c1-6-5-12-8(4-10-6)7(3-11-12)9(13)14-2/h3,6,10H,4-5H2,1-2H3/t6-/m0/s1. The van der Waals surface area contributed by atoms with Gasteiger partial charge in [-0.15, -0.1) is 0 Å². The Labute approximate surface area is 82.0 Å². The molecule has 0 saturated heterocycles. The molecular formula is C9H13N3O2. The van der Waals surface area contributed by atoms with Crippen molar-refractivity contribution in [2.24, 2.45) is 0 Å². The zero-order valence-corrected chi connectivity index (χ0v) is 8.28. The summed E-state index contributed by atoms with van der Waals surface area (Å²) in [6.45, 7) is 3.56. The second-order valence-electron chi connectivity index (χ2n) is 3.46. The first-order chi connectivity index (χ1) is 6.72. The zero-order valence-electron chi connectivity index (χ0n) is 8.28. The SMILES string of the molecule is COC(=O)c1cnn2c1CN[C@@H](C)C2. The van der Waals surface area contributed by atoms with Gasteiger partial charge in [0.2, 0.25) is 0 Å². The van der Waals surface area contributed by atoms with Crippen LogP contribution < -0.4 is 5.32 Å². The molecule has 1 aliphatic heterocycles. The number of hydrogen-bond donors (Lipinski definition) is 1. The van der Waals surface area contributed by atoms with E-state index >= 15 is 0 Å². The number of esters is 1. The lowest BCUT2D eigenvalue weighted by molar-refractivity contribution is 0.0598. The first kappa shape index (κ1) is 9.21. The number of nitrogens with one attached hydrogen (secondary N) is 1. The Balaban J connectivity index is 2.33. The molecule has 1 aromatic rings. The van der Waals surface area contributed by atoms with Gasteiger partial charge in [-0.1, -0.05) is 0 Å². The minimum absolute atomic E-state index is 0.317. The van der Waals surface area contributed by atoms with Crippen LogP contribution in [0.25, 0.3) is 0 Å². The highest BCUT2D eigenvalue weighted by atomic mass is 16.5. The average Bonchev–Trinajstić information content (AvgIpc) is 2.59. The van der Waals surface area contributed by atoms with E-state index in [4.69, 9.17) is 0 Å². The minimum atomic E-state index is -0.317. The van der Waals surface area contributed by atoms with Crippen molar-refractivity contribution in [1.29, 1.82) is 0 Å². The Kier molecular flexibility index (Phi) is 2.25. The van der Waals surface area contributed by atoms with Gasteiger partial charge in [0.25, 0.3) is 0 Å². The van der Waals surface area contributed by atoms with Crippen molar-refractivity contribution < 1.29 is 9.53 Å². The molecule has 0 radical (unpaired) electrons. The summed E-state index contributed by atoms with van der Waals surface area (Å²) in [5, 5.41) is 7.43. The molecule has 0 saturated carbocycles. The fourth-order valence-corrected chi connectivity index (χ4v) is 1.63. The van der Waals surface area contributed by atoms with Gasteiger partial charge in [0, 0.05) is 12.6 Å². The van der Waals surface area contributed by atoms with E-state index in [1.807, 2.05) is 4.68 Å². The van der Waals surface area contributed by atoms with Gasteiger partial charge in [-0.25, -0.2) is 4.79 Å². The molecule has 5 heteroatoms. The van der Waals surface area contributed by atoms with E-state index in [0.29, 0.717) is 18.2 Å². The molecule has 76 valence electrons. The molecule has 0 unspecified atom stereocenters. The van der Waals surface area contributed by atoms with Crippen molar-refractivity contribution in [3.05, 3.63) is 17.5 Å². The van der Waals surface area contributed by atoms with Crippen molar-refractivity contribution in [2.45, 2.75) is 26.1 Å². The summed E-state index contributed by atoms with van der Waals surface area (Å²) in [5.41, 5.74) is 1.47. The molecule has 1 aromatic heterocycles. The number of rotatable bonds is 1. The molecule has 1 N–H and O–H groups in total. The Morgan fingerprint density at radius 3 is 3.29 bits per heavy atom. The van der Waals surface area contributed by atoms with Crippen LogP contribution >= 0.6 is 0 Å². The highest BCUT2D eigenvalue weighted by molar-refractivity contribution is 5.90. The summed E-state index contributed by atoms with van der Waals surface area (Å²) in [6.07, 6.45) is 1.57. The maximum absolute atomic E-state index is 11.3. The van der Waals surface area contributed by atoms with Crippen LogP contribution in [0.15, 0.2) is 6.20 Å². The summed E-state index contributed by atoms with van der Waals surface area (Å²) in [6, 6.07) is 0.396. The number of aromatic nitrogens is 2. The molecule has 0 aromatic carbocycles. The Hall–Kier alpha value is -1.36. The first-order valence-corrected chi connectivity index (χ1v) is 4.58. The summed E-state index contributed by atoms with van der Waals surface area (Å²) in [4.78, 5) is 11.3. The van der Waals surface area contributed by atoms with Gasteiger partial charge in [-0.2, -0.15) is 5.10 Å². The molecule has 14 heavy (non-hydrogen) atoms. The molecule has 0 aliphatic carbocycles. The molecule has 0 fully saturated rings.